The standard InChI is InChI=1S/C12H8BrF3N2O2S/c13-9-5-11(7-17-6-9)21(19,20)18-10-3-1-8(2-4-10)12(14,15)16/h1-7,18H. The highest BCUT2D eigenvalue weighted by Gasteiger charge is 2.30. The first-order valence-corrected chi connectivity index (χ1v) is 7.77. The summed E-state index contributed by atoms with van der Waals surface area (Å²) >= 11 is 3.09. The van der Waals surface area contributed by atoms with E-state index in [1.165, 1.54) is 12.3 Å². The van der Waals surface area contributed by atoms with Crippen LogP contribution in [-0.4, -0.2) is 13.4 Å². The van der Waals surface area contributed by atoms with Gasteiger partial charge in [0.2, 0.25) is 0 Å². The number of hydrogen-bond acceptors (Lipinski definition) is 3. The maximum Gasteiger partial charge on any atom is 0.416 e. The Balaban J connectivity index is 2.25. The molecule has 21 heavy (non-hydrogen) atoms. The lowest BCUT2D eigenvalue weighted by Crippen LogP contribution is -2.13. The molecule has 1 N–H and O–H groups in total. The number of alkyl halides is 3. The van der Waals surface area contributed by atoms with Crippen molar-refractivity contribution >= 4 is 31.6 Å². The van der Waals surface area contributed by atoms with Crippen molar-refractivity contribution in [1.29, 1.82) is 0 Å². The van der Waals surface area contributed by atoms with Crippen LogP contribution in [0.4, 0.5) is 18.9 Å². The van der Waals surface area contributed by atoms with Crippen LogP contribution in [0.2, 0.25) is 0 Å². The first kappa shape index (κ1) is 15.8. The molecule has 0 atom stereocenters. The normalized spacial score (nSPS) is 12.2. The largest absolute Gasteiger partial charge is 0.416 e. The van der Waals surface area contributed by atoms with Crippen molar-refractivity contribution in [3.8, 4) is 0 Å². The molecule has 0 spiro atoms. The van der Waals surface area contributed by atoms with Crippen LogP contribution in [0.5, 0.6) is 0 Å². The summed E-state index contributed by atoms with van der Waals surface area (Å²) < 4.78 is 64.0. The fourth-order valence-corrected chi connectivity index (χ4v) is 3.04. The highest BCUT2D eigenvalue weighted by Crippen LogP contribution is 2.30. The smallest absolute Gasteiger partial charge is 0.280 e. The third-order valence-electron chi connectivity index (χ3n) is 2.45. The maximum absolute atomic E-state index is 12.4. The van der Waals surface area contributed by atoms with Gasteiger partial charge in [0.05, 0.1) is 5.56 Å². The van der Waals surface area contributed by atoms with Gasteiger partial charge in [-0.05, 0) is 46.3 Å². The zero-order valence-corrected chi connectivity index (χ0v) is 12.6. The van der Waals surface area contributed by atoms with Crippen LogP contribution in [0.3, 0.4) is 0 Å². The SMILES string of the molecule is O=S(=O)(Nc1ccc(C(F)(F)F)cc1)c1cncc(Br)c1. The Bertz CT molecular complexity index is 746. The number of aromatic nitrogens is 1. The first-order chi connectivity index (χ1) is 9.68. The minimum atomic E-state index is -4.47. The molecule has 0 saturated heterocycles. The minimum Gasteiger partial charge on any atom is -0.280 e. The van der Waals surface area contributed by atoms with Gasteiger partial charge in [-0.25, -0.2) is 8.42 Å². The van der Waals surface area contributed by atoms with Crippen molar-refractivity contribution in [2.45, 2.75) is 11.1 Å². The summed E-state index contributed by atoms with van der Waals surface area (Å²) in [7, 11) is -3.91. The van der Waals surface area contributed by atoms with E-state index in [0.29, 0.717) is 4.47 Å². The summed E-state index contributed by atoms with van der Waals surface area (Å²) in [5.41, 5.74) is -0.822. The van der Waals surface area contributed by atoms with Crippen LogP contribution in [0.1, 0.15) is 5.56 Å². The van der Waals surface area contributed by atoms with Crippen LogP contribution in [-0.2, 0) is 16.2 Å². The van der Waals surface area contributed by atoms with E-state index in [2.05, 4.69) is 25.6 Å². The third-order valence-corrected chi connectivity index (χ3v) is 4.24. The average molecular weight is 381 g/mol. The third kappa shape index (κ3) is 3.94. The fourth-order valence-electron chi connectivity index (χ4n) is 1.48. The molecule has 4 nitrogen and oxygen atoms in total. The van der Waals surface area contributed by atoms with Crippen LogP contribution in [0, 0.1) is 0 Å². The quantitative estimate of drug-likeness (QED) is 0.883. The van der Waals surface area contributed by atoms with Crippen LogP contribution >= 0.6 is 15.9 Å². The van der Waals surface area contributed by atoms with E-state index in [1.807, 2.05) is 0 Å². The Morgan fingerprint density at radius 1 is 1.10 bits per heavy atom. The van der Waals surface area contributed by atoms with Gasteiger partial charge in [0.15, 0.2) is 0 Å². The predicted octanol–water partition coefficient (Wildman–Crippen LogP) is 3.66. The molecule has 1 heterocycles. The average Bonchev–Trinajstić information content (AvgIpc) is 2.38. The zero-order valence-electron chi connectivity index (χ0n) is 10.2. The number of nitrogens with one attached hydrogen (secondary N) is 1. The van der Waals surface area contributed by atoms with E-state index in [0.717, 1.165) is 30.5 Å². The molecule has 2 aromatic rings. The zero-order chi connectivity index (χ0) is 15.7. The van der Waals surface area contributed by atoms with E-state index in [-0.39, 0.29) is 10.6 Å². The van der Waals surface area contributed by atoms with Gasteiger partial charge in [0, 0.05) is 22.6 Å². The lowest BCUT2D eigenvalue weighted by atomic mass is 10.2. The van der Waals surface area contributed by atoms with Crippen molar-refractivity contribution in [2.75, 3.05) is 4.72 Å². The number of nitrogens with zero attached hydrogens (tertiary/aromatic N) is 1. The Hall–Kier alpha value is -1.61. The number of benzene rings is 1. The summed E-state index contributed by atoms with van der Waals surface area (Å²) in [6.45, 7) is 0. The van der Waals surface area contributed by atoms with Gasteiger partial charge < -0.3 is 0 Å². The van der Waals surface area contributed by atoms with Crippen LogP contribution < -0.4 is 4.72 Å². The van der Waals surface area contributed by atoms with Crippen LogP contribution in [0.25, 0.3) is 0 Å². The van der Waals surface area contributed by atoms with Gasteiger partial charge >= 0.3 is 6.18 Å². The van der Waals surface area contributed by atoms with Crippen LogP contribution in [0.15, 0.2) is 52.1 Å². The number of halogens is 4. The number of hydrogen-bond donors (Lipinski definition) is 1. The minimum absolute atomic E-state index is 0.0305. The van der Waals surface area contributed by atoms with Crippen molar-refractivity contribution in [3.63, 3.8) is 0 Å². The molecule has 0 aliphatic heterocycles. The van der Waals surface area contributed by atoms with Gasteiger partial charge in [-0.3, -0.25) is 9.71 Å². The predicted molar refractivity (Wildman–Crippen MR) is 74.2 cm³/mol. The van der Waals surface area contributed by atoms with Crippen molar-refractivity contribution in [2.24, 2.45) is 0 Å². The fraction of sp³-hybridized carbons (Fsp3) is 0.0833. The first-order valence-electron chi connectivity index (χ1n) is 5.49. The van der Waals surface area contributed by atoms with E-state index in [1.54, 1.807) is 0 Å². The number of sulfonamides is 1. The van der Waals surface area contributed by atoms with Gasteiger partial charge in [0.1, 0.15) is 4.90 Å². The highest BCUT2D eigenvalue weighted by molar-refractivity contribution is 9.10. The van der Waals surface area contributed by atoms with Gasteiger partial charge in [-0.2, -0.15) is 13.2 Å². The molecule has 0 aliphatic carbocycles. The van der Waals surface area contributed by atoms with E-state index in [9.17, 15) is 21.6 Å². The van der Waals surface area contributed by atoms with E-state index >= 15 is 0 Å². The van der Waals surface area contributed by atoms with E-state index < -0.39 is 21.8 Å². The Morgan fingerprint density at radius 2 is 1.71 bits per heavy atom. The molecule has 1 aromatic heterocycles. The molecule has 0 radical (unpaired) electrons. The molecule has 2 rings (SSSR count). The molecule has 0 fully saturated rings. The lowest BCUT2D eigenvalue weighted by Gasteiger charge is -2.10. The molecule has 0 aliphatic rings. The molecule has 0 bridgehead atoms. The highest BCUT2D eigenvalue weighted by atomic mass is 79.9. The summed E-state index contributed by atoms with van der Waals surface area (Å²) in [6, 6.07) is 5.03. The summed E-state index contributed by atoms with van der Waals surface area (Å²) in [4.78, 5) is 3.62. The monoisotopic (exact) mass is 380 g/mol. The molecule has 112 valence electrons. The van der Waals surface area contributed by atoms with Gasteiger partial charge in [-0.15, -0.1) is 0 Å². The second-order valence-electron chi connectivity index (χ2n) is 4.02. The Labute approximate surface area is 127 Å². The van der Waals surface area contributed by atoms with Gasteiger partial charge in [0.25, 0.3) is 10.0 Å². The maximum atomic E-state index is 12.4. The Morgan fingerprint density at radius 3 is 2.24 bits per heavy atom. The molecule has 0 amide bonds. The topological polar surface area (TPSA) is 59.1 Å². The second kappa shape index (κ2) is 5.64. The summed E-state index contributed by atoms with van der Waals surface area (Å²) in [5, 5.41) is 0. The second-order valence-corrected chi connectivity index (χ2v) is 6.62. The Kier molecular flexibility index (Phi) is 4.24. The molecular formula is C12H8BrF3N2O2S. The van der Waals surface area contributed by atoms with Crippen molar-refractivity contribution < 1.29 is 21.6 Å². The number of pyridine rings is 1. The van der Waals surface area contributed by atoms with E-state index in [4.69, 9.17) is 0 Å². The summed E-state index contributed by atoms with van der Waals surface area (Å²) in [6.07, 6.45) is -1.92. The number of rotatable bonds is 3. The van der Waals surface area contributed by atoms with Crippen molar-refractivity contribution in [3.05, 3.63) is 52.8 Å². The molecule has 1 aromatic carbocycles. The van der Waals surface area contributed by atoms with Gasteiger partial charge in [-0.1, -0.05) is 0 Å². The summed E-state index contributed by atoms with van der Waals surface area (Å²) in [5.74, 6) is 0. The number of anilines is 1. The molecule has 9 heteroatoms. The molecule has 0 saturated carbocycles. The molecular weight excluding hydrogens is 373 g/mol. The lowest BCUT2D eigenvalue weighted by molar-refractivity contribution is -0.137. The molecule has 0 unspecified atom stereocenters. The van der Waals surface area contributed by atoms with Crippen molar-refractivity contribution in [1.82, 2.24) is 4.98 Å².